The van der Waals surface area contributed by atoms with Crippen molar-refractivity contribution in [3.05, 3.63) is 59.2 Å². The minimum atomic E-state index is -4.42. The van der Waals surface area contributed by atoms with Crippen LogP contribution in [-0.4, -0.2) is 68.8 Å². The number of nitrogens with zero attached hydrogens (tertiary/aromatic N) is 7. The molecule has 1 aliphatic heterocycles. The minimum Gasteiger partial charge on any atom is -0.476 e. The standard InChI is InChI=1S/C29H34N9O8P/c1-5-14-43-26(40)17(3)35-47(41,46-20-13-9-11-18-10-7-8-12-19(18)20)44-15-21-23(39)29(4,36-37-31)27(45-21)38-16-32-22-24(38)33-28(30)34-25(22)42-6-2/h7-13,16-17,21,27H,5-6,14-15H2,1-4H3,(H,35,41)(H2,30,33,34)/t17-,21+,27+,29+,47?/m0/s1. The fraction of sp³-hybridized carbons (Fsp3) is 0.414. The van der Waals surface area contributed by atoms with Gasteiger partial charge in [0.2, 0.25) is 11.8 Å². The zero-order chi connectivity index (χ0) is 33.8. The first-order chi connectivity index (χ1) is 22.5. The molecule has 0 aliphatic carbocycles. The number of carbonyl (C=O) groups excluding carboxylic acids is 2. The van der Waals surface area contributed by atoms with Crippen LogP contribution in [0.5, 0.6) is 11.6 Å². The lowest BCUT2D eigenvalue weighted by molar-refractivity contribution is -0.145. The number of nitrogens with one attached hydrogen (secondary N) is 1. The third-order valence-electron chi connectivity index (χ3n) is 7.28. The van der Waals surface area contributed by atoms with E-state index < -0.39 is 50.0 Å². The molecule has 4 aromatic rings. The molecule has 5 rings (SSSR count). The second kappa shape index (κ2) is 13.9. The van der Waals surface area contributed by atoms with Crippen molar-refractivity contribution < 1.29 is 37.4 Å². The number of ketones is 1. The third-order valence-corrected chi connectivity index (χ3v) is 8.91. The predicted octanol–water partition coefficient (Wildman–Crippen LogP) is 4.63. The molecule has 18 heteroatoms. The number of fused-ring (bicyclic) bond motifs is 2. The highest BCUT2D eigenvalue weighted by Crippen LogP contribution is 2.48. The summed E-state index contributed by atoms with van der Waals surface area (Å²) in [5.74, 6) is -1.16. The topological polar surface area (TPSA) is 228 Å². The van der Waals surface area contributed by atoms with E-state index in [2.05, 4.69) is 30.1 Å². The largest absolute Gasteiger partial charge is 0.476 e. The number of nitrogens with two attached hydrogens (primary N) is 1. The first-order valence-electron chi connectivity index (χ1n) is 14.8. The van der Waals surface area contributed by atoms with Crippen LogP contribution in [0.2, 0.25) is 0 Å². The number of esters is 1. The normalized spacial score (nSPS) is 21.2. The van der Waals surface area contributed by atoms with Crippen molar-refractivity contribution in [3.8, 4) is 11.6 Å². The Labute approximate surface area is 268 Å². The number of imidazole rings is 1. The quantitative estimate of drug-likeness (QED) is 0.0615. The third kappa shape index (κ3) is 6.84. The van der Waals surface area contributed by atoms with E-state index >= 15 is 0 Å². The van der Waals surface area contributed by atoms with Gasteiger partial charge in [0.1, 0.15) is 17.9 Å². The predicted molar refractivity (Wildman–Crippen MR) is 169 cm³/mol. The lowest BCUT2D eigenvalue weighted by Crippen LogP contribution is -2.39. The molecule has 1 unspecified atom stereocenters. The Bertz CT molecular complexity index is 1890. The Morgan fingerprint density at radius 3 is 2.77 bits per heavy atom. The molecule has 0 amide bonds. The second-order valence-electron chi connectivity index (χ2n) is 10.7. The molecule has 248 valence electrons. The molecule has 1 aliphatic rings. The Balaban J connectivity index is 1.46. The molecule has 0 spiro atoms. The molecule has 3 heterocycles. The summed E-state index contributed by atoms with van der Waals surface area (Å²) < 4.78 is 44.3. The number of aromatic nitrogens is 4. The SMILES string of the molecule is CCCOC(=O)[C@H](C)NP(=O)(OC[C@H]1O[C@@H](n2cnc3c(OCC)nc(N)nc32)[C@](C)(N=[N+]=[N-])C1=O)Oc1cccc2ccccc12. The van der Waals surface area contributed by atoms with Gasteiger partial charge in [-0.25, -0.2) is 9.55 Å². The molecule has 47 heavy (non-hydrogen) atoms. The zero-order valence-electron chi connectivity index (χ0n) is 26.1. The van der Waals surface area contributed by atoms with Gasteiger partial charge >= 0.3 is 13.7 Å². The summed E-state index contributed by atoms with van der Waals surface area (Å²) in [5, 5.41) is 7.83. The number of azide groups is 1. The van der Waals surface area contributed by atoms with Crippen molar-refractivity contribution in [2.24, 2.45) is 5.11 Å². The Morgan fingerprint density at radius 2 is 2.02 bits per heavy atom. The van der Waals surface area contributed by atoms with Gasteiger partial charge in [-0.05, 0) is 44.2 Å². The summed E-state index contributed by atoms with van der Waals surface area (Å²) in [6, 6.07) is 11.3. The molecule has 2 aromatic heterocycles. The van der Waals surface area contributed by atoms with E-state index in [1.165, 1.54) is 24.7 Å². The monoisotopic (exact) mass is 667 g/mol. The Hall–Kier alpha value is -4.79. The van der Waals surface area contributed by atoms with Gasteiger partial charge in [-0.15, -0.1) is 0 Å². The number of rotatable bonds is 14. The van der Waals surface area contributed by atoms with E-state index in [1.807, 2.05) is 25.1 Å². The van der Waals surface area contributed by atoms with Crippen LogP contribution >= 0.6 is 7.75 Å². The van der Waals surface area contributed by atoms with Crippen LogP contribution in [0.4, 0.5) is 5.95 Å². The van der Waals surface area contributed by atoms with Crippen LogP contribution in [0, 0.1) is 0 Å². The average molecular weight is 668 g/mol. The van der Waals surface area contributed by atoms with E-state index in [-0.39, 0.29) is 42.0 Å². The summed E-state index contributed by atoms with van der Waals surface area (Å²) in [6.45, 7) is 6.25. The van der Waals surface area contributed by atoms with Gasteiger partial charge in [-0.3, -0.25) is 18.7 Å². The number of hydrogen-bond donors (Lipinski definition) is 2. The summed E-state index contributed by atoms with van der Waals surface area (Å²) >= 11 is 0. The number of nitrogen functional groups attached to an aromatic ring is 1. The van der Waals surface area contributed by atoms with Crippen LogP contribution in [-0.2, 0) is 28.2 Å². The smallest absolute Gasteiger partial charge is 0.459 e. The van der Waals surface area contributed by atoms with Crippen LogP contribution < -0.4 is 20.1 Å². The molecule has 5 atom stereocenters. The van der Waals surface area contributed by atoms with Crippen LogP contribution in [0.15, 0.2) is 53.9 Å². The van der Waals surface area contributed by atoms with Crippen molar-refractivity contribution in [1.82, 2.24) is 24.6 Å². The van der Waals surface area contributed by atoms with Crippen molar-refractivity contribution in [2.75, 3.05) is 25.6 Å². The number of ether oxygens (including phenoxy) is 3. The maximum atomic E-state index is 14.3. The Morgan fingerprint density at radius 1 is 1.26 bits per heavy atom. The highest BCUT2D eigenvalue weighted by Gasteiger charge is 2.55. The number of Topliss-reactive ketones (excluding diaryl/α,β-unsaturated/α-hetero) is 1. The molecule has 1 saturated heterocycles. The van der Waals surface area contributed by atoms with E-state index in [4.69, 9.17) is 29.0 Å². The maximum absolute atomic E-state index is 14.3. The molecule has 3 N–H and O–H groups in total. The van der Waals surface area contributed by atoms with Crippen molar-refractivity contribution >= 4 is 47.4 Å². The van der Waals surface area contributed by atoms with Crippen LogP contribution in [0.1, 0.15) is 40.3 Å². The summed E-state index contributed by atoms with van der Waals surface area (Å²) in [7, 11) is -4.42. The fourth-order valence-corrected chi connectivity index (χ4v) is 6.54. The molecule has 2 aromatic carbocycles. The van der Waals surface area contributed by atoms with Crippen molar-refractivity contribution in [3.63, 3.8) is 0 Å². The lowest BCUT2D eigenvalue weighted by Gasteiger charge is -2.24. The zero-order valence-corrected chi connectivity index (χ0v) is 27.0. The van der Waals surface area contributed by atoms with E-state index in [9.17, 15) is 19.7 Å². The molecule has 1 fully saturated rings. The maximum Gasteiger partial charge on any atom is 0.459 e. The van der Waals surface area contributed by atoms with Crippen molar-refractivity contribution in [1.29, 1.82) is 0 Å². The van der Waals surface area contributed by atoms with Gasteiger partial charge in [0, 0.05) is 10.3 Å². The van der Waals surface area contributed by atoms with Crippen LogP contribution in [0.25, 0.3) is 32.4 Å². The van der Waals surface area contributed by atoms with Gasteiger partial charge in [-0.1, -0.05) is 48.4 Å². The minimum absolute atomic E-state index is 0.118. The number of hydrogen-bond acceptors (Lipinski definition) is 13. The van der Waals surface area contributed by atoms with Gasteiger partial charge in [0.25, 0.3) is 0 Å². The van der Waals surface area contributed by atoms with Gasteiger partial charge in [0.05, 0.1) is 26.1 Å². The van der Waals surface area contributed by atoms with E-state index in [0.29, 0.717) is 11.8 Å². The van der Waals surface area contributed by atoms with Gasteiger partial charge in [-0.2, -0.15) is 15.1 Å². The highest BCUT2D eigenvalue weighted by atomic mass is 31.2. The Kier molecular flexibility index (Phi) is 9.94. The average Bonchev–Trinajstić information content (AvgIpc) is 3.57. The summed E-state index contributed by atoms with van der Waals surface area (Å²) in [4.78, 5) is 41.9. The highest BCUT2D eigenvalue weighted by molar-refractivity contribution is 7.52. The molecule has 0 saturated carbocycles. The van der Waals surface area contributed by atoms with Gasteiger partial charge < -0.3 is 24.5 Å². The fourth-order valence-electron chi connectivity index (χ4n) is 5.03. The first kappa shape index (κ1) is 33.6. The molecular formula is C29H34N9O8P. The molecule has 0 bridgehead atoms. The van der Waals surface area contributed by atoms with E-state index in [1.54, 1.807) is 31.2 Å². The molecular weight excluding hydrogens is 633 g/mol. The number of benzene rings is 2. The van der Waals surface area contributed by atoms with E-state index in [0.717, 1.165) is 5.39 Å². The molecule has 0 radical (unpaired) electrons. The number of anilines is 1. The van der Waals surface area contributed by atoms with Crippen molar-refractivity contribution in [2.45, 2.75) is 58.0 Å². The lowest BCUT2D eigenvalue weighted by atomic mass is 9.95. The molecule has 17 nitrogen and oxygen atoms in total. The van der Waals surface area contributed by atoms with Gasteiger partial charge in [0.15, 0.2) is 28.7 Å². The summed E-state index contributed by atoms with van der Waals surface area (Å²) in [5.41, 5.74) is 13.9. The number of carbonyl (C=O) groups is 2. The first-order valence-corrected chi connectivity index (χ1v) is 16.3. The second-order valence-corrected chi connectivity index (χ2v) is 12.4. The summed E-state index contributed by atoms with van der Waals surface area (Å²) in [6.07, 6.45) is -0.772. The van der Waals surface area contributed by atoms with Crippen LogP contribution in [0.3, 0.4) is 0 Å².